The van der Waals surface area contributed by atoms with Crippen molar-refractivity contribution in [2.24, 2.45) is 0 Å². The summed E-state index contributed by atoms with van der Waals surface area (Å²) in [6, 6.07) is 9.44. The van der Waals surface area contributed by atoms with Crippen LogP contribution in [0.5, 0.6) is 0 Å². The van der Waals surface area contributed by atoms with Gasteiger partial charge in [0.2, 0.25) is 0 Å². The van der Waals surface area contributed by atoms with Crippen LogP contribution in [0.25, 0.3) is 0 Å². The van der Waals surface area contributed by atoms with Gasteiger partial charge in [-0.2, -0.15) is 0 Å². The third-order valence-electron chi connectivity index (χ3n) is 6.28. The Morgan fingerprint density at radius 2 is 1.80 bits per heavy atom. The minimum absolute atomic E-state index is 0.212. The molecule has 1 aromatic carbocycles. The van der Waals surface area contributed by atoms with Crippen molar-refractivity contribution in [1.82, 2.24) is 9.80 Å². The van der Waals surface area contributed by atoms with Gasteiger partial charge in [0.25, 0.3) is 5.91 Å². The van der Waals surface area contributed by atoms with Gasteiger partial charge in [0.1, 0.15) is 5.60 Å². The molecule has 0 bridgehead atoms. The molecule has 1 aliphatic carbocycles. The zero-order valence-electron chi connectivity index (χ0n) is 15.4. The van der Waals surface area contributed by atoms with E-state index in [1.807, 2.05) is 6.92 Å². The van der Waals surface area contributed by atoms with Crippen LogP contribution in [0.2, 0.25) is 0 Å². The first-order valence-corrected chi connectivity index (χ1v) is 9.90. The fourth-order valence-electron chi connectivity index (χ4n) is 4.74. The van der Waals surface area contributed by atoms with Gasteiger partial charge in [-0.25, -0.2) is 0 Å². The van der Waals surface area contributed by atoms with Crippen molar-refractivity contribution >= 4 is 5.91 Å². The molecule has 4 heteroatoms. The molecule has 4 nitrogen and oxygen atoms in total. The number of hydrogen-bond donors (Lipinski definition) is 0. The van der Waals surface area contributed by atoms with Crippen molar-refractivity contribution in [1.29, 1.82) is 0 Å². The van der Waals surface area contributed by atoms with E-state index >= 15 is 0 Å². The van der Waals surface area contributed by atoms with Crippen LogP contribution < -0.4 is 0 Å². The lowest BCUT2D eigenvalue weighted by Crippen LogP contribution is -2.51. The molecule has 2 heterocycles. The Labute approximate surface area is 151 Å². The summed E-state index contributed by atoms with van der Waals surface area (Å²) in [7, 11) is 0. The second-order valence-electron chi connectivity index (χ2n) is 8.05. The van der Waals surface area contributed by atoms with Gasteiger partial charge in [0.15, 0.2) is 0 Å². The Morgan fingerprint density at radius 1 is 1.04 bits per heavy atom. The molecule has 0 aromatic heterocycles. The van der Waals surface area contributed by atoms with E-state index in [9.17, 15) is 4.79 Å². The summed E-state index contributed by atoms with van der Waals surface area (Å²) in [6.45, 7) is 6.51. The van der Waals surface area contributed by atoms with E-state index in [4.69, 9.17) is 4.74 Å². The van der Waals surface area contributed by atoms with Crippen LogP contribution in [-0.2, 0) is 22.4 Å². The highest BCUT2D eigenvalue weighted by molar-refractivity contribution is 5.85. The van der Waals surface area contributed by atoms with E-state index in [0.717, 1.165) is 71.3 Å². The first-order valence-electron chi connectivity index (χ1n) is 9.90. The van der Waals surface area contributed by atoms with Gasteiger partial charge in [-0.3, -0.25) is 9.69 Å². The van der Waals surface area contributed by atoms with Crippen LogP contribution in [-0.4, -0.2) is 60.1 Å². The maximum atomic E-state index is 13.0. The van der Waals surface area contributed by atoms with E-state index < -0.39 is 5.60 Å². The predicted octanol–water partition coefficient (Wildman–Crippen LogP) is 2.65. The molecular formula is C21H30N2O2. The smallest absolute Gasteiger partial charge is 0.254 e. The maximum absolute atomic E-state index is 13.0. The number of carbonyl (C=O) groups is 1. The van der Waals surface area contributed by atoms with Crippen LogP contribution in [0.4, 0.5) is 0 Å². The Balaban J connectivity index is 1.37. The first-order chi connectivity index (χ1) is 12.2. The van der Waals surface area contributed by atoms with Gasteiger partial charge in [-0.05, 0) is 56.6 Å². The third-order valence-corrected chi connectivity index (χ3v) is 6.28. The van der Waals surface area contributed by atoms with Crippen molar-refractivity contribution in [2.45, 2.75) is 57.1 Å². The SMILES string of the molecule is CC1(C(=O)N2CCCN(C3Cc4ccccc4C3)CC2)CCCCO1. The van der Waals surface area contributed by atoms with Crippen molar-refractivity contribution in [3.05, 3.63) is 35.4 Å². The zero-order chi connectivity index (χ0) is 17.3. The third kappa shape index (κ3) is 3.47. The first kappa shape index (κ1) is 17.0. The van der Waals surface area contributed by atoms with Crippen LogP contribution >= 0.6 is 0 Å². The molecule has 1 unspecified atom stereocenters. The van der Waals surface area contributed by atoms with Gasteiger partial charge in [0.05, 0.1) is 0 Å². The molecule has 0 spiro atoms. The molecule has 2 saturated heterocycles. The average molecular weight is 342 g/mol. The molecule has 1 aromatic rings. The average Bonchev–Trinajstić information content (AvgIpc) is 2.91. The highest BCUT2D eigenvalue weighted by atomic mass is 16.5. The summed E-state index contributed by atoms with van der Waals surface area (Å²) in [5.41, 5.74) is 2.43. The summed E-state index contributed by atoms with van der Waals surface area (Å²) in [4.78, 5) is 17.7. The number of fused-ring (bicyclic) bond motifs is 1. The van der Waals surface area contributed by atoms with Gasteiger partial charge in [0, 0.05) is 38.8 Å². The standard InChI is InChI=1S/C21H30N2O2/c1-21(9-4-5-14-25-21)20(24)23-11-6-10-22(12-13-23)19-15-17-7-2-3-8-18(17)16-19/h2-3,7-8,19H,4-6,9-16H2,1H3. The number of hydrogen-bond acceptors (Lipinski definition) is 3. The predicted molar refractivity (Wildman–Crippen MR) is 98.6 cm³/mol. The summed E-state index contributed by atoms with van der Waals surface area (Å²) in [6.07, 6.45) is 6.43. The highest BCUT2D eigenvalue weighted by Gasteiger charge is 2.40. The molecular weight excluding hydrogens is 312 g/mol. The number of ether oxygens (including phenoxy) is 1. The maximum Gasteiger partial charge on any atom is 0.254 e. The lowest BCUT2D eigenvalue weighted by molar-refractivity contribution is -0.161. The van der Waals surface area contributed by atoms with E-state index in [1.54, 1.807) is 0 Å². The van der Waals surface area contributed by atoms with Gasteiger partial charge < -0.3 is 9.64 Å². The number of amides is 1. The minimum Gasteiger partial charge on any atom is -0.365 e. The van der Waals surface area contributed by atoms with Crippen LogP contribution in [0.15, 0.2) is 24.3 Å². The molecule has 2 aliphatic heterocycles. The molecule has 4 rings (SSSR count). The second-order valence-corrected chi connectivity index (χ2v) is 8.05. The quantitative estimate of drug-likeness (QED) is 0.828. The van der Waals surface area contributed by atoms with Crippen LogP contribution in [0.3, 0.4) is 0 Å². The summed E-state index contributed by atoms with van der Waals surface area (Å²) >= 11 is 0. The zero-order valence-corrected chi connectivity index (χ0v) is 15.4. The number of nitrogens with zero attached hydrogens (tertiary/aromatic N) is 2. The van der Waals surface area contributed by atoms with Crippen LogP contribution in [0, 0.1) is 0 Å². The number of carbonyl (C=O) groups excluding carboxylic acids is 1. The molecule has 1 atom stereocenters. The van der Waals surface area contributed by atoms with Gasteiger partial charge in [-0.1, -0.05) is 24.3 Å². The number of benzene rings is 1. The lowest BCUT2D eigenvalue weighted by Gasteiger charge is -2.36. The molecule has 25 heavy (non-hydrogen) atoms. The van der Waals surface area contributed by atoms with Gasteiger partial charge >= 0.3 is 0 Å². The topological polar surface area (TPSA) is 32.8 Å². The summed E-state index contributed by atoms with van der Waals surface area (Å²) in [5.74, 6) is 0.212. The second kappa shape index (κ2) is 7.08. The Morgan fingerprint density at radius 3 is 2.48 bits per heavy atom. The Bertz CT molecular complexity index is 599. The van der Waals surface area contributed by atoms with E-state index in [1.165, 1.54) is 11.1 Å². The van der Waals surface area contributed by atoms with Crippen molar-refractivity contribution < 1.29 is 9.53 Å². The Kier molecular flexibility index (Phi) is 4.83. The molecule has 0 saturated carbocycles. The molecule has 136 valence electrons. The monoisotopic (exact) mass is 342 g/mol. The number of rotatable bonds is 2. The van der Waals surface area contributed by atoms with Crippen molar-refractivity contribution in [3.63, 3.8) is 0 Å². The van der Waals surface area contributed by atoms with Crippen molar-refractivity contribution in [3.8, 4) is 0 Å². The largest absolute Gasteiger partial charge is 0.365 e. The highest BCUT2D eigenvalue weighted by Crippen LogP contribution is 2.29. The molecule has 1 amide bonds. The fraction of sp³-hybridized carbons (Fsp3) is 0.667. The molecule has 3 aliphatic rings. The van der Waals surface area contributed by atoms with Crippen LogP contribution in [0.1, 0.15) is 43.7 Å². The summed E-state index contributed by atoms with van der Waals surface area (Å²) in [5, 5.41) is 0. The summed E-state index contributed by atoms with van der Waals surface area (Å²) < 4.78 is 5.89. The fourth-order valence-corrected chi connectivity index (χ4v) is 4.74. The normalized spacial score (nSPS) is 28.6. The van der Waals surface area contributed by atoms with Gasteiger partial charge in [-0.15, -0.1) is 0 Å². The van der Waals surface area contributed by atoms with E-state index in [0.29, 0.717) is 6.04 Å². The molecule has 0 N–H and O–H groups in total. The van der Waals surface area contributed by atoms with Crippen molar-refractivity contribution in [2.75, 3.05) is 32.8 Å². The lowest BCUT2D eigenvalue weighted by atomic mass is 9.94. The van der Waals surface area contributed by atoms with E-state index in [-0.39, 0.29) is 5.91 Å². The molecule has 0 radical (unpaired) electrons. The Hall–Kier alpha value is -1.39. The minimum atomic E-state index is -0.586. The van der Waals surface area contributed by atoms with E-state index in [2.05, 4.69) is 34.1 Å². The molecule has 2 fully saturated rings.